The van der Waals surface area contributed by atoms with Crippen LogP contribution >= 0.6 is 31.9 Å². The molecule has 0 bridgehead atoms. The van der Waals surface area contributed by atoms with E-state index in [2.05, 4.69) is 37.2 Å². The highest BCUT2D eigenvalue weighted by atomic mass is 79.9. The number of halogens is 3. The summed E-state index contributed by atoms with van der Waals surface area (Å²) in [6, 6.07) is 10.7. The molecule has 0 aromatic heterocycles. The maximum absolute atomic E-state index is 13.1. The maximum Gasteiger partial charge on any atom is 0.137 e. The van der Waals surface area contributed by atoms with Gasteiger partial charge in [-0.25, -0.2) is 4.39 Å². The van der Waals surface area contributed by atoms with E-state index in [4.69, 9.17) is 4.74 Å². The van der Waals surface area contributed by atoms with E-state index in [0.717, 1.165) is 27.9 Å². The molecule has 5 heteroatoms. The first-order valence-corrected chi connectivity index (χ1v) is 7.68. The van der Waals surface area contributed by atoms with Crippen LogP contribution in [0.5, 0.6) is 5.75 Å². The Labute approximate surface area is 134 Å². The normalized spacial score (nSPS) is 10.6. The minimum absolute atomic E-state index is 0.270. The Bertz CT molecular complexity index is 604. The highest BCUT2D eigenvalue weighted by Crippen LogP contribution is 2.24. The van der Waals surface area contributed by atoms with Gasteiger partial charge in [-0.3, -0.25) is 0 Å². The molecule has 0 fully saturated rings. The zero-order valence-electron chi connectivity index (χ0n) is 10.9. The molecule has 2 rings (SSSR count). The number of nitrogens with one attached hydrogen (secondary N) is 1. The summed E-state index contributed by atoms with van der Waals surface area (Å²) in [5.74, 6) is 0.521. The number of rotatable bonds is 5. The lowest BCUT2D eigenvalue weighted by atomic mass is 10.2. The third-order valence-corrected chi connectivity index (χ3v) is 4.16. The van der Waals surface area contributed by atoms with Crippen LogP contribution in [0.4, 0.5) is 4.39 Å². The average Bonchev–Trinajstić information content (AvgIpc) is 2.43. The van der Waals surface area contributed by atoms with E-state index in [1.54, 1.807) is 12.1 Å². The van der Waals surface area contributed by atoms with Gasteiger partial charge in [-0.15, -0.1) is 0 Å². The lowest BCUT2D eigenvalue weighted by Gasteiger charge is -2.10. The van der Waals surface area contributed by atoms with E-state index in [1.165, 1.54) is 6.07 Å². The third kappa shape index (κ3) is 4.04. The highest BCUT2D eigenvalue weighted by Gasteiger charge is 2.04. The van der Waals surface area contributed by atoms with Crippen molar-refractivity contribution in [3.63, 3.8) is 0 Å². The molecule has 0 amide bonds. The summed E-state index contributed by atoms with van der Waals surface area (Å²) in [7, 11) is 1.90. The van der Waals surface area contributed by atoms with E-state index in [-0.39, 0.29) is 5.82 Å². The Hall–Kier alpha value is -0.910. The first-order chi connectivity index (χ1) is 9.60. The van der Waals surface area contributed by atoms with Crippen LogP contribution in [0.1, 0.15) is 11.1 Å². The van der Waals surface area contributed by atoms with Crippen molar-refractivity contribution in [1.82, 2.24) is 5.32 Å². The van der Waals surface area contributed by atoms with Crippen LogP contribution in [-0.2, 0) is 13.2 Å². The number of benzene rings is 2. The average molecular weight is 403 g/mol. The number of hydrogen-bond acceptors (Lipinski definition) is 2. The molecule has 20 heavy (non-hydrogen) atoms. The lowest BCUT2D eigenvalue weighted by Crippen LogP contribution is -2.06. The fourth-order valence-electron chi connectivity index (χ4n) is 1.76. The second kappa shape index (κ2) is 7.20. The van der Waals surface area contributed by atoms with Gasteiger partial charge >= 0.3 is 0 Å². The fraction of sp³-hybridized carbons (Fsp3) is 0.200. The van der Waals surface area contributed by atoms with Gasteiger partial charge in [-0.2, -0.15) is 0 Å². The molecule has 0 saturated carbocycles. The molecule has 0 radical (unpaired) electrons. The molecule has 0 unspecified atom stereocenters. The van der Waals surface area contributed by atoms with Crippen molar-refractivity contribution in [3.8, 4) is 5.75 Å². The van der Waals surface area contributed by atoms with Crippen LogP contribution < -0.4 is 10.1 Å². The molecule has 2 aromatic rings. The van der Waals surface area contributed by atoms with Gasteiger partial charge in [0.05, 0.1) is 4.47 Å². The van der Waals surface area contributed by atoms with Crippen LogP contribution in [-0.4, -0.2) is 7.05 Å². The smallest absolute Gasteiger partial charge is 0.137 e. The first-order valence-electron chi connectivity index (χ1n) is 6.10. The summed E-state index contributed by atoms with van der Waals surface area (Å²) < 4.78 is 20.4. The van der Waals surface area contributed by atoms with Crippen LogP contribution in [0.15, 0.2) is 45.3 Å². The fourth-order valence-corrected chi connectivity index (χ4v) is 2.58. The molecule has 1 N–H and O–H groups in total. The maximum atomic E-state index is 13.1. The van der Waals surface area contributed by atoms with Gasteiger partial charge in [-0.05, 0) is 64.4 Å². The Kier molecular flexibility index (Phi) is 5.57. The summed E-state index contributed by atoms with van der Waals surface area (Å²) in [5.41, 5.74) is 2.04. The zero-order valence-corrected chi connectivity index (χ0v) is 14.1. The number of hydrogen-bond donors (Lipinski definition) is 1. The van der Waals surface area contributed by atoms with Crippen LogP contribution in [0.2, 0.25) is 0 Å². The number of ether oxygens (including phenoxy) is 1. The Morgan fingerprint density at radius 3 is 2.60 bits per heavy atom. The SMILES string of the molecule is CNCc1cc(OCc2ccc(F)c(Br)c2)ccc1Br. The van der Waals surface area contributed by atoms with E-state index in [9.17, 15) is 4.39 Å². The molecule has 0 aliphatic carbocycles. The van der Waals surface area contributed by atoms with Crippen LogP contribution in [0.3, 0.4) is 0 Å². The largest absolute Gasteiger partial charge is 0.489 e. The highest BCUT2D eigenvalue weighted by molar-refractivity contribution is 9.10. The molecule has 2 aromatic carbocycles. The van der Waals surface area contributed by atoms with E-state index >= 15 is 0 Å². The molecular weight excluding hydrogens is 389 g/mol. The van der Waals surface area contributed by atoms with Crippen molar-refractivity contribution in [2.75, 3.05) is 7.05 Å². The van der Waals surface area contributed by atoms with Crippen molar-refractivity contribution in [3.05, 3.63) is 62.3 Å². The predicted octanol–water partition coefficient (Wildman–Crippen LogP) is 4.65. The summed E-state index contributed by atoms with van der Waals surface area (Å²) in [6.45, 7) is 1.17. The van der Waals surface area contributed by atoms with E-state index in [0.29, 0.717) is 11.1 Å². The van der Waals surface area contributed by atoms with Gasteiger partial charge < -0.3 is 10.1 Å². The molecule has 0 saturated heterocycles. The van der Waals surface area contributed by atoms with Crippen molar-refractivity contribution >= 4 is 31.9 Å². The van der Waals surface area contributed by atoms with Crippen LogP contribution in [0.25, 0.3) is 0 Å². The summed E-state index contributed by atoms with van der Waals surface area (Å²) >= 11 is 6.67. The topological polar surface area (TPSA) is 21.3 Å². The molecule has 2 nitrogen and oxygen atoms in total. The predicted molar refractivity (Wildman–Crippen MR) is 85.3 cm³/mol. The molecular formula is C15H14Br2FNO. The minimum atomic E-state index is -0.270. The third-order valence-electron chi connectivity index (χ3n) is 2.77. The van der Waals surface area contributed by atoms with Gasteiger partial charge in [0.2, 0.25) is 0 Å². The second-order valence-electron chi connectivity index (χ2n) is 4.32. The standard InChI is InChI=1S/C15H14Br2FNO/c1-19-8-11-7-12(3-4-13(11)16)20-9-10-2-5-15(18)14(17)6-10/h2-7,19H,8-9H2,1H3. The monoisotopic (exact) mass is 401 g/mol. The van der Waals surface area contributed by atoms with E-state index in [1.807, 2.05) is 25.2 Å². The molecule has 106 valence electrons. The van der Waals surface area contributed by atoms with Gasteiger partial charge in [-0.1, -0.05) is 22.0 Å². The Balaban J connectivity index is 2.06. The van der Waals surface area contributed by atoms with Gasteiger partial charge in [0.25, 0.3) is 0 Å². The van der Waals surface area contributed by atoms with Crippen molar-refractivity contribution in [2.45, 2.75) is 13.2 Å². The Morgan fingerprint density at radius 1 is 1.10 bits per heavy atom. The van der Waals surface area contributed by atoms with Crippen LogP contribution in [0, 0.1) is 5.82 Å². The van der Waals surface area contributed by atoms with Gasteiger partial charge in [0.15, 0.2) is 0 Å². The quantitative estimate of drug-likeness (QED) is 0.785. The molecule has 0 atom stereocenters. The molecule has 0 aliphatic rings. The minimum Gasteiger partial charge on any atom is -0.489 e. The molecule has 0 heterocycles. The van der Waals surface area contributed by atoms with Crippen molar-refractivity contribution < 1.29 is 9.13 Å². The zero-order chi connectivity index (χ0) is 14.5. The lowest BCUT2D eigenvalue weighted by molar-refractivity contribution is 0.305. The second-order valence-corrected chi connectivity index (χ2v) is 6.03. The Morgan fingerprint density at radius 2 is 1.90 bits per heavy atom. The summed E-state index contributed by atoms with van der Waals surface area (Å²) in [4.78, 5) is 0. The summed E-state index contributed by atoms with van der Waals surface area (Å²) in [5, 5.41) is 3.11. The summed E-state index contributed by atoms with van der Waals surface area (Å²) in [6.07, 6.45) is 0. The first kappa shape index (κ1) is 15.5. The van der Waals surface area contributed by atoms with Gasteiger partial charge in [0, 0.05) is 11.0 Å². The molecule has 0 spiro atoms. The van der Waals surface area contributed by atoms with Crippen molar-refractivity contribution in [1.29, 1.82) is 0 Å². The van der Waals surface area contributed by atoms with E-state index < -0.39 is 0 Å². The van der Waals surface area contributed by atoms with Gasteiger partial charge in [0.1, 0.15) is 18.2 Å². The van der Waals surface area contributed by atoms with Crippen molar-refractivity contribution in [2.24, 2.45) is 0 Å². The molecule has 0 aliphatic heterocycles.